The number of rotatable bonds is 4. The highest BCUT2D eigenvalue weighted by atomic mass is 15.1. The van der Waals surface area contributed by atoms with E-state index in [0.717, 1.165) is 18.0 Å². The van der Waals surface area contributed by atoms with Crippen LogP contribution in [0.2, 0.25) is 0 Å². The summed E-state index contributed by atoms with van der Waals surface area (Å²) in [6, 6.07) is 1.59. The van der Waals surface area contributed by atoms with Crippen molar-refractivity contribution in [1.29, 1.82) is 0 Å². The summed E-state index contributed by atoms with van der Waals surface area (Å²) in [5.41, 5.74) is 0. The molecule has 0 radical (unpaired) electrons. The predicted octanol–water partition coefficient (Wildman–Crippen LogP) is 1.40. The van der Waals surface area contributed by atoms with E-state index in [1.807, 2.05) is 0 Å². The van der Waals surface area contributed by atoms with Crippen LogP contribution in [0.4, 0.5) is 0 Å². The van der Waals surface area contributed by atoms with Gasteiger partial charge in [-0.3, -0.25) is 0 Å². The van der Waals surface area contributed by atoms with Gasteiger partial charge < -0.3 is 15.1 Å². The van der Waals surface area contributed by atoms with E-state index in [0.29, 0.717) is 0 Å². The molecule has 0 spiro atoms. The molecule has 2 fully saturated rings. The van der Waals surface area contributed by atoms with E-state index >= 15 is 0 Å². The summed E-state index contributed by atoms with van der Waals surface area (Å²) in [5.74, 6) is 0.935. The summed E-state index contributed by atoms with van der Waals surface area (Å²) in [5, 5.41) is 3.42. The van der Waals surface area contributed by atoms with Crippen molar-refractivity contribution in [2.75, 3.05) is 40.8 Å². The summed E-state index contributed by atoms with van der Waals surface area (Å²) in [7, 11) is 6.68. The molecular weight excluding hydrogens is 210 g/mol. The van der Waals surface area contributed by atoms with Crippen molar-refractivity contribution >= 4 is 0 Å². The first-order valence-corrected chi connectivity index (χ1v) is 7.25. The monoisotopic (exact) mass is 239 g/mol. The van der Waals surface area contributed by atoms with E-state index in [-0.39, 0.29) is 0 Å². The average molecular weight is 239 g/mol. The second-order valence-electron chi connectivity index (χ2n) is 6.14. The third kappa shape index (κ3) is 3.67. The van der Waals surface area contributed by atoms with E-state index in [1.165, 1.54) is 51.7 Å². The lowest BCUT2D eigenvalue weighted by Crippen LogP contribution is -2.39. The van der Waals surface area contributed by atoms with E-state index in [4.69, 9.17) is 0 Å². The largest absolute Gasteiger partial charge is 0.317 e. The maximum absolute atomic E-state index is 3.42. The summed E-state index contributed by atoms with van der Waals surface area (Å²) < 4.78 is 0. The molecule has 2 aliphatic rings. The first-order chi connectivity index (χ1) is 8.19. The Bertz CT molecular complexity index is 224. The number of nitrogens with one attached hydrogen (secondary N) is 1. The van der Waals surface area contributed by atoms with Gasteiger partial charge in [0.2, 0.25) is 0 Å². The van der Waals surface area contributed by atoms with Gasteiger partial charge in [-0.1, -0.05) is 0 Å². The van der Waals surface area contributed by atoms with E-state index in [1.54, 1.807) is 0 Å². The summed E-state index contributed by atoms with van der Waals surface area (Å²) >= 11 is 0. The van der Waals surface area contributed by atoms with E-state index in [9.17, 15) is 0 Å². The molecular formula is C14H29N3. The van der Waals surface area contributed by atoms with Gasteiger partial charge in [0.1, 0.15) is 0 Å². The standard InChI is InChI=1S/C14H29N3/c1-15-13-4-5-14(10-13)17(3)11-12-6-8-16(2)9-7-12/h12-15H,4-11H2,1-3H3. The van der Waals surface area contributed by atoms with Crippen LogP contribution in [-0.2, 0) is 0 Å². The Morgan fingerprint density at radius 2 is 1.88 bits per heavy atom. The maximum Gasteiger partial charge on any atom is 0.0108 e. The van der Waals surface area contributed by atoms with Crippen molar-refractivity contribution in [3.8, 4) is 0 Å². The lowest BCUT2D eigenvalue weighted by molar-refractivity contribution is 0.150. The zero-order valence-electron chi connectivity index (χ0n) is 11.8. The molecule has 1 saturated heterocycles. The molecule has 100 valence electrons. The van der Waals surface area contributed by atoms with Crippen molar-refractivity contribution in [1.82, 2.24) is 15.1 Å². The van der Waals surface area contributed by atoms with Gasteiger partial charge in [-0.05, 0) is 72.3 Å². The topological polar surface area (TPSA) is 18.5 Å². The van der Waals surface area contributed by atoms with Crippen LogP contribution in [0.1, 0.15) is 32.1 Å². The normalized spacial score (nSPS) is 32.5. The summed E-state index contributed by atoms with van der Waals surface area (Å²) in [6.07, 6.45) is 6.87. The Labute approximate surface area is 107 Å². The van der Waals surface area contributed by atoms with Crippen LogP contribution in [0.5, 0.6) is 0 Å². The molecule has 0 aromatic heterocycles. The van der Waals surface area contributed by atoms with Crippen molar-refractivity contribution in [2.45, 2.75) is 44.2 Å². The summed E-state index contributed by atoms with van der Waals surface area (Å²) in [4.78, 5) is 5.09. The summed E-state index contributed by atoms with van der Waals surface area (Å²) in [6.45, 7) is 3.90. The van der Waals surface area contributed by atoms with Crippen molar-refractivity contribution in [3.63, 3.8) is 0 Å². The maximum atomic E-state index is 3.42. The Hall–Kier alpha value is -0.120. The number of hydrogen-bond donors (Lipinski definition) is 1. The Morgan fingerprint density at radius 3 is 2.47 bits per heavy atom. The quantitative estimate of drug-likeness (QED) is 0.800. The first-order valence-electron chi connectivity index (χ1n) is 7.25. The van der Waals surface area contributed by atoms with Gasteiger partial charge in [-0.15, -0.1) is 0 Å². The Kier molecular flexibility index (Phi) is 4.83. The molecule has 17 heavy (non-hydrogen) atoms. The number of piperidine rings is 1. The highest BCUT2D eigenvalue weighted by molar-refractivity contribution is 4.86. The molecule has 2 atom stereocenters. The molecule has 3 heteroatoms. The second kappa shape index (κ2) is 6.17. The fourth-order valence-electron chi connectivity index (χ4n) is 3.42. The molecule has 2 rings (SSSR count). The van der Waals surface area contributed by atoms with E-state index in [2.05, 4.69) is 36.3 Å². The Morgan fingerprint density at radius 1 is 1.18 bits per heavy atom. The van der Waals surface area contributed by atoms with Gasteiger partial charge in [-0.2, -0.15) is 0 Å². The molecule has 0 aromatic carbocycles. The third-order valence-electron chi connectivity index (χ3n) is 4.82. The van der Waals surface area contributed by atoms with Crippen molar-refractivity contribution in [3.05, 3.63) is 0 Å². The Balaban J connectivity index is 1.72. The molecule has 0 bridgehead atoms. The smallest absolute Gasteiger partial charge is 0.0108 e. The second-order valence-corrected chi connectivity index (χ2v) is 6.14. The number of likely N-dealkylation sites (tertiary alicyclic amines) is 1. The molecule has 1 N–H and O–H groups in total. The van der Waals surface area contributed by atoms with Crippen molar-refractivity contribution in [2.24, 2.45) is 5.92 Å². The molecule has 1 aliphatic heterocycles. The minimum absolute atomic E-state index is 0.764. The van der Waals surface area contributed by atoms with Crippen LogP contribution in [0, 0.1) is 5.92 Å². The average Bonchev–Trinajstić information content (AvgIpc) is 2.81. The fraction of sp³-hybridized carbons (Fsp3) is 1.00. The van der Waals surface area contributed by atoms with Gasteiger partial charge >= 0.3 is 0 Å². The van der Waals surface area contributed by atoms with Gasteiger partial charge in [0.25, 0.3) is 0 Å². The third-order valence-corrected chi connectivity index (χ3v) is 4.82. The lowest BCUT2D eigenvalue weighted by Gasteiger charge is -2.34. The van der Waals surface area contributed by atoms with Crippen LogP contribution in [0.15, 0.2) is 0 Å². The van der Waals surface area contributed by atoms with E-state index < -0.39 is 0 Å². The van der Waals surface area contributed by atoms with Gasteiger partial charge in [0.15, 0.2) is 0 Å². The zero-order chi connectivity index (χ0) is 12.3. The van der Waals surface area contributed by atoms with Crippen LogP contribution < -0.4 is 5.32 Å². The predicted molar refractivity (Wildman–Crippen MR) is 73.3 cm³/mol. The first kappa shape index (κ1) is 13.3. The molecule has 2 unspecified atom stereocenters. The molecule has 1 saturated carbocycles. The van der Waals surface area contributed by atoms with Gasteiger partial charge in [0.05, 0.1) is 0 Å². The molecule has 0 amide bonds. The van der Waals surface area contributed by atoms with Crippen molar-refractivity contribution < 1.29 is 0 Å². The molecule has 1 aliphatic carbocycles. The minimum atomic E-state index is 0.764. The molecule has 1 heterocycles. The molecule has 3 nitrogen and oxygen atoms in total. The zero-order valence-corrected chi connectivity index (χ0v) is 11.8. The van der Waals surface area contributed by atoms with Gasteiger partial charge in [0, 0.05) is 18.6 Å². The lowest BCUT2D eigenvalue weighted by atomic mass is 9.96. The fourth-order valence-corrected chi connectivity index (χ4v) is 3.42. The highest BCUT2D eigenvalue weighted by Gasteiger charge is 2.28. The minimum Gasteiger partial charge on any atom is -0.317 e. The van der Waals surface area contributed by atoms with Crippen LogP contribution in [-0.4, -0.2) is 62.7 Å². The van der Waals surface area contributed by atoms with Crippen LogP contribution in [0.3, 0.4) is 0 Å². The van der Waals surface area contributed by atoms with Crippen LogP contribution >= 0.6 is 0 Å². The number of nitrogens with zero attached hydrogens (tertiary/aromatic N) is 2. The highest BCUT2D eigenvalue weighted by Crippen LogP contribution is 2.25. The van der Waals surface area contributed by atoms with Gasteiger partial charge in [-0.25, -0.2) is 0 Å². The molecule has 0 aromatic rings. The SMILES string of the molecule is CNC1CCC(N(C)CC2CCN(C)CC2)C1. The van der Waals surface area contributed by atoms with Crippen LogP contribution in [0.25, 0.3) is 0 Å². The number of hydrogen-bond acceptors (Lipinski definition) is 3.